The number of amides is 1. The van der Waals surface area contributed by atoms with Gasteiger partial charge in [0.15, 0.2) is 0 Å². The van der Waals surface area contributed by atoms with Gasteiger partial charge in [0.1, 0.15) is 11.6 Å². The van der Waals surface area contributed by atoms with Crippen LogP contribution in [-0.2, 0) is 0 Å². The maximum atomic E-state index is 12.9. The molecule has 0 unspecified atom stereocenters. The van der Waals surface area contributed by atoms with Crippen molar-refractivity contribution in [2.45, 2.75) is 25.7 Å². The summed E-state index contributed by atoms with van der Waals surface area (Å²) in [7, 11) is 1.93. The molecule has 0 saturated carbocycles. The van der Waals surface area contributed by atoms with E-state index in [1.54, 1.807) is 12.3 Å². The van der Waals surface area contributed by atoms with Crippen LogP contribution in [0.15, 0.2) is 54.9 Å². The lowest BCUT2D eigenvalue weighted by molar-refractivity contribution is -0.274. The van der Waals surface area contributed by atoms with E-state index in [1.165, 1.54) is 18.3 Å². The third-order valence-electron chi connectivity index (χ3n) is 5.59. The topological polar surface area (TPSA) is 79.4 Å². The molecule has 2 N–H and O–H groups in total. The summed E-state index contributed by atoms with van der Waals surface area (Å²) in [6.45, 7) is 3.53. The Morgan fingerprint density at radius 2 is 1.88 bits per heavy atom. The highest BCUT2D eigenvalue weighted by Crippen LogP contribution is 2.32. The van der Waals surface area contributed by atoms with Crippen molar-refractivity contribution < 1.29 is 22.7 Å². The van der Waals surface area contributed by atoms with E-state index in [0.29, 0.717) is 17.3 Å². The summed E-state index contributed by atoms with van der Waals surface area (Å²) >= 11 is 0. The second-order valence-electron chi connectivity index (χ2n) is 8.03. The van der Waals surface area contributed by atoms with Crippen molar-refractivity contribution in [3.05, 3.63) is 66.1 Å². The van der Waals surface area contributed by atoms with Gasteiger partial charge in [0, 0.05) is 54.0 Å². The van der Waals surface area contributed by atoms with Gasteiger partial charge in [0.2, 0.25) is 0 Å². The molecule has 4 rings (SSSR count). The lowest BCUT2D eigenvalue weighted by atomic mass is 10.1. The zero-order valence-electron chi connectivity index (χ0n) is 18.7. The van der Waals surface area contributed by atoms with Crippen molar-refractivity contribution >= 4 is 17.4 Å². The van der Waals surface area contributed by atoms with E-state index in [0.717, 1.165) is 54.3 Å². The molecule has 2 aromatic heterocycles. The van der Waals surface area contributed by atoms with Crippen molar-refractivity contribution in [2.24, 2.45) is 0 Å². The number of alkyl halides is 3. The normalized spacial score (nSPS) is 15.9. The van der Waals surface area contributed by atoms with Crippen LogP contribution in [0.1, 0.15) is 22.5 Å². The molecule has 1 atom stereocenters. The zero-order chi connectivity index (χ0) is 24.3. The minimum atomic E-state index is -4.78. The quantitative estimate of drug-likeness (QED) is 0.555. The van der Waals surface area contributed by atoms with Crippen molar-refractivity contribution in [1.82, 2.24) is 15.3 Å². The Morgan fingerprint density at radius 1 is 1.12 bits per heavy atom. The van der Waals surface area contributed by atoms with E-state index in [1.807, 2.05) is 26.1 Å². The molecule has 1 amide bonds. The molecular formula is C24H24F3N5O2. The standard InChI is InChI=1S/C24H24F3N5O2/c1-15-3-4-16(12-29-15)21-11-17(13-30-22(21)32-10-9-19(14-32)28-2)23(33)31-18-5-7-20(8-6-18)34-24(25,26)27/h3-8,11-13,19,28H,9-10,14H2,1-2H3,(H,31,33)/t19-/m1/s1. The van der Waals surface area contributed by atoms with Crippen LogP contribution in [-0.4, -0.2) is 48.4 Å². The highest BCUT2D eigenvalue weighted by molar-refractivity contribution is 6.05. The lowest BCUT2D eigenvalue weighted by Gasteiger charge is -2.21. The molecule has 1 fully saturated rings. The first-order chi connectivity index (χ1) is 16.2. The van der Waals surface area contributed by atoms with Crippen LogP contribution < -0.4 is 20.3 Å². The Bertz CT molecular complexity index is 1150. The average Bonchev–Trinajstić information content (AvgIpc) is 3.29. The number of halogens is 3. The first-order valence-corrected chi connectivity index (χ1v) is 10.7. The maximum absolute atomic E-state index is 12.9. The van der Waals surface area contributed by atoms with Crippen molar-refractivity contribution in [3.63, 3.8) is 0 Å². The molecule has 1 aromatic carbocycles. The smallest absolute Gasteiger partial charge is 0.406 e. The Kier molecular flexibility index (Phi) is 6.69. The number of ether oxygens (including phenoxy) is 1. The van der Waals surface area contributed by atoms with Gasteiger partial charge in [-0.1, -0.05) is 6.07 Å². The molecule has 1 aliphatic rings. The second kappa shape index (κ2) is 9.68. The monoisotopic (exact) mass is 471 g/mol. The fourth-order valence-corrected chi connectivity index (χ4v) is 3.80. The van der Waals surface area contributed by atoms with E-state index in [9.17, 15) is 18.0 Å². The Balaban J connectivity index is 1.59. The molecule has 1 aliphatic heterocycles. The second-order valence-corrected chi connectivity index (χ2v) is 8.03. The lowest BCUT2D eigenvalue weighted by Crippen LogP contribution is -2.30. The Morgan fingerprint density at radius 3 is 2.50 bits per heavy atom. The molecule has 0 radical (unpaired) electrons. The third-order valence-corrected chi connectivity index (χ3v) is 5.59. The minimum absolute atomic E-state index is 0.319. The number of pyridine rings is 2. The number of aromatic nitrogens is 2. The van der Waals surface area contributed by atoms with Gasteiger partial charge in [-0.25, -0.2) is 4.98 Å². The predicted octanol–water partition coefficient (Wildman–Crippen LogP) is 4.40. The molecule has 178 valence electrons. The van der Waals surface area contributed by atoms with Gasteiger partial charge in [0.25, 0.3) is 5.91 Å². The van der Waals surface area contributed by atoms with Crippen LogP contribution in [0, 0.1) is 6.92 Å². The number of likely N-dealkylation sites (N-methyl/N-ethyl adjacent to an activating group) is 1. The summed E-state index contributed by atoms with van der Waals surface area (Å²) in [4.78, 5) is 24.1. The van der Waals surface area contributed by atoms with E-state index in [-0.39, 0.29) is 5.75 Å². The summed E-state index contributed by atoms with van der Waals surface area (Å²) in [5.41, 5.74) is 3.15. The van der Waals surface area contributed by atoms with Crippen LogP contribution in [0.4, 0.5) is 24.7 Å². The van der Waals surface area contributed by atoms with Gasteiger partial charge in [-0.05, 0) is 56.8 Å². The van der Waals surface area contributed by atoms with E-state index < -0.39 is 12.3 Å². The highest BCUT2D eigenvalue weighted by Gasteiger charge is 2.31. The van der Waals surface area contributed by atoms with Crippen molar-refractivity contribution in [2.75, 3.05) is 30.4 Å². The summed E-state index contributed by atoms with van der Waals surface area (Å²) in [6, 6.07) is 10.9. The van der Waals surface area contributed by atoms with Crippen molar-refractivity contribution in [3.8, 4) is 16.9 Å². The predicted molar refractivity (Wildman–Crippen MR) is 123 cm³/mol. The molecule has 10 heteroatoms. The molecule has 1 saturated heterocycles. The highest BCUT2D eigenvalue weighted by atomic mass is 19.4. The maximum Gasteiger partial charge on any atom is 0.573 e. The van der Waals surface area contributed by atoms with Gasteiger partial charge in [-0.15, -0.1) is 13.2 Å². The number of nitrogens with zero attached hydrogens (tertiary/aromatic N) is 3. The number of nitrogens with one attached hydrogen (secondary N) is 2. The number of hydrogen-bond donors (Lipinski definition) is 2. The third kappa shape index (κ3) is 5.63. The molecule has 0 aliphatic carbocycles. The first kappa shape index (κ1) is 23.5. The van der Waals surface area contributed by atoms with Crippen LogP contribution in [0.3, 0.4) is 0 Å². The Labute approximate surface area is 195 Å². The SMILES string of the molecule is CN[C@@H]1CCN(c2ncc(C(=O)Nc3ccc(OC(F)(F)F)cc3)cc2-c2ccc(C)nc2)C1. The first-order valence-electron chi connectivity index (χ1n) is 10.7. The van der Waals surface area contributed by atoms with Gasteiger partial charge >= 0.3 is 6.36 Å². The summed E-state index contributed by atoms with van der Waals surface area (Å²) in [6.07, 6.45) is -0.534. The molecule has 3 heterocycles. The Hall–Kier alpha value is -3.66. The number of aryl methyl sites for hydroxylation is 1. The molecular weight excluding hydrogens is 447 g/mol. The van der Waals surface area contributed by atoms with Gasteiger partial charge in [0.05, 0.1) is 5.56 Å². The average molecular weight is 471 g/mol. The van der Waals surface area contributed by atoms with E-state index >= 15 is 0 Å². The van der Waals surface area contributed by atoms with Gasteiger partial charge in [-0.3, -0.25) is 9.78 Å². The van der Waals surface area contributed by atoms with Crippen LogP contribution in [0.25, 0.3) is 11.1 Å². The molecule has 34 heavy (non-hydrogen) atoms. The van der Waals surface area contributed by atoms with Crippen LogP contribution >= 0.6 is 0 Å². The molecule has 0 bridgehead atoms. The summed E-state index contributed by atoms with van der Waals surface area (Å²) < 4.78 is 40.9. The summed E-state index contributed by atoms with van der Waals surface area (Å²) in [5.74, 6) is -0.0239. The van der Waals surface area contributed by atoms with Crippen molar-refractivity contribution in [1.29, 1.82) is 0 Å². The fraction of sp³-hybridized carbons (Fsp3) is 0.292. The molecule has 7 nitrogen and oxygen atoms in total. The fourth-order valence-electron chi connectivity index (χ4n) is 3.80. The van der Waals surface area contributed by atoms with Crippen LogP contribution in [0.5, 0.6) is 5.75 Å². The number of carbonyl (C=O) groups excluding carboxylic acids is 1. The van der Waals surface area contributed by atoms with Gasteiger partial charge < -0.3 is 20.3 Å². The van der Waals surface area contributed by atoms with E-state index in [4.69, 9.17) is 0 Å². The number of hydrogen-bond acceptors (Lipinski definition) is 6. The minimum Gasteiger partial charge on any atom is -0.406 e. The number of rotatable bonds is 6. The zero-order valence-corrected chi connectivity index (χ0v) is 18.7. The van der Waals surface area contributed by atoms with Crippen LogP contribution in [0.2, 0.25) is 0 Å². The number of anilines is 2. The largest absolute Gasteiger partial charge is 0.573 e. The molecule has 0 spiro atoms. The van der Waals surface area contributed by atoms with Gasteiger partial charge in [-0.2, -0.15) is 0 Å². The number of carbonyl (C=O) groups is 1. The molecule has 3 aromatic rings. The number of benzene rings is 1. The summed E-state index contributed by atoms with van der Waals surface area (Å²) in [5, 5.41) is 5.97. The van der Waals surface area contributed by atoms with E-state index in [2.05, 4.69) is 30.2 Å².